The maximum absolute atomic E-state index is 11.8. The van der Waals surface area contributed by atoms with Crippen molar-refractivity contribution in [1.29, 1.82) is 0 Å². The van der Waals surface area contributed by atoms with Gasteiger partial charge in [-0.3, -0.25) is 0 Å². The van der Waals surface area contributed by atoms with Gasteiger partial charge >= 0.3 is 12.0 Å². The smallest absolute Gasteiger partial charge is 0.329 e. The van der Waals surface area contributed by atoms with Crippen LogP contribution in [0.2, 0.25) is 0 Å². The fourth-order valence-corrected chi connectivity index (χ4v) is 2.34. The van der Waals surface area contributed by atoms with Gasteiger partial charge in [0, 0.05) is 13.1 Å². The van der Waals surface area contributed by atoms with Gasteiger partial charge in [0.15, 0.2) is 0 Å². The number of carbonyl (C=O) groups is 2. The molecule has 116 valence electrons. The third-order valence-electron chi connectivity index (χ3n) is 3.91. The zero-order valence-corrected chi connectivity index (χ0v) is 12.7. The van der Waals surface area contributed by atoms with E-state index in [-0.39, 0.29) is 5.92 Å². The summed E-state index contributed by atoms with van der Waals surface area (Å²) >= 11 is 0. The molecule has 1 aliphatic rings. The lowest BCUT2D eigenvalue weighted by Crippen LogP contribution is -2.57. The molecule has 1 fully saturated rings. The van der Waals surface area contributed by atoms with Crippen molar-refractivity contribution < 1.29 is 14.7 Å². The van der Waals surface area contributed by atoms with Crippen molar-refractivity contribution >= 4 is 12.0 Å². The Labute approximate surface area is 120 Å². The number of aliphatic carboxylic acids is 1. The second-order valence-corrected chi connectivity index (χ2v) is 5.60. The van der Waals surface area contributed by atoms with Crippen molar-refractivity contribution in [3.63, 3.8) is 0 Å². The molecule has 0 bridgehead atoms. The molecular weight excluding hydrogens is 258 g/mol. The summed E-state index contributed by atoms with van der Waals surface area (Å²) < 4.78 is 0. The minimum atomic E-state index is -1.14. The lowest BCUT2D eigenvalue weighted by Gasteiger charge is -2.26. The number of urea groups is 1. The first-order valence-electron chi connectivity index (χ1n) is 7.45. The number of hydrogen-bond acceptors (Lipinski definition) is 3. The lowest BCUT2D eigenvalue weighted by atomic mass is 9.96. The molecular formula is C14H27N3O3. The first-order chi connectivity index (χ1) is 9.43. The van der Waals surface area contributed by atoms with E-state index in [2.05, 4.69) is 29.4 Å². The number of likely N-dealkylation sites (N-methyl/N-ethyl adjacent to an activating group) is 1. The summed E-state index contributed by atoms with van der Waals surface area (Å²) in [7, 11) is 0. The van der Waals surface area contributed by atoms with Crippen LogP contribution in [0.15, 0.2) is 0 Å². The Balaban J connectivity index is 2.34. The molecule has 1 unspecified atom stereocenters. The predicted octanol–water partition coefficient (Wildman–Crippen LogP) is 1.27. The Bertz CT molecular complexity index is 345. The summed E-state index contributed by atoms with van der Waals surface area (Å²) in [6.07, 6.45) is 2.81. The van der Waals surface area contributed by atoms with E-state index in [1.807, 2.05) is 0 Å². The summed E-state index contributed by atoms with van der Waals surface area (Å²) in [4.78, 5) is 25.4. The standard InChI is InChI=1S/C14H27N3O3/c1-4-9-17(5-2)10-8-15-13(20)16-14(3,12(18)19)11-6-7-11/h11H,4-10H2,1-3H3,(H,18,19)(H2,15,16,20). The van der Waals surface area contributed by atoms with Crippen LogP contribution in [-0.2, 0) is 4.79 Å². The molecule has 0 aromatic heterocycles. The Morgan fingerprint density at radius 1 is 1.30 bits per heavy atom. The third-order valence-corrected chi connectivity index (χ3v) is 3.91. The average Bonchev–Trinajstić information content (AvgIpc) is 3.21. The largest absolute Gasteiger partial charge is 0.480 e. The van der Waals surface area contributed by atoms with Gasteiger partial charge in [-0.1, -0.05) is 13.8 Å². The molecule has 0 aromatic carbocycles. The summed E-state index contributed by atoms with van der Waals surface area (Å²) in [5, 5.41) is 14.6. The van der Waals surface area contributed by atoms with E-state index in [1.165, 1.54) is 0 Å². The number of nitrogens with zero attached hydrogens (tertiary/aromatic N) is 1. The molecule has 2 amide bonds. The first-order valence-corrected chi connectivity index (χ1v) is 7.45. The molecule has 0 spiro atoms. The Morgan fingerprint density at radius 2 is 1.95 bits per heavy atom. The van der Waals surface area contributed by atoms with Crippen molar-refractivity contribution in [3.8, 4) is 0 Å². The van der Waals surface area contributed by atoms with Gasteiger partial charge in [0.25, 0.3) is 0 Å². The van der Waals surface area contributed by atoms with Crippen LogP contribution in [0, 0.1) is 5.92 Å². The van der Waals surface area contributed by atoms with Gasteiger partial charge in [0.05, 0.1) is 0 Å². The van der Waals surface area contributed by atoms with Gasteiger partial charge < -0.3 is 20.6 Å². The second kappa shape index (κ2) is 7.47. The van der Waals surface area contributed by atoms with Crippen LogP contribution in [-0.4, -0.2) is 53.7 Å². The Morgan fingerprint density at radius 3 is 2.40 bits per heavy atom. The van der Waals surface area contributed by atoms with Crippen LogP contribution >= 0.6 is 0 Å². The van der Waals surface area contributed by atoms with Crippen LogP contribution in [0.1, 0.15) is 40.0 Å². The number of rotatable bonds is 9. The molecule has 6 nitrogen and oxygen atoms in total. The van der Waals surface area contributed by atoms with Gasteiger partial charge in [-0.25, -0.2) is 9.59 Å². The lowest BCUT2D eigenvalue weighted by molar-refractivity contribution is -0.144. The van der Waals surface area contributed by atoms with Gasteiger partial charge in [0.2, 0.25) is 0 Å². The molecule has 0 saturated heterocycles. The highest BCUT2D eigenvalue weighted by molar-refractivity contribution is 5.86. The zero-order valence-electron chi connectivity index (χ0n) is 12.7. The van der Waals surface area contributed by atoms with Crippen molar-refractivity contribution in [3.05, 3.63) is 0 Å². The highest BCUT2D eigenvalue weighted by atomic mass is 16.4. The number of amides is 2. The van der Waals surface area contributed by atoms with Crippen LogP contribution in [0.25, 0.3) is 0 Å². The quantitative estimate of drug-likeness (QED) is 0.596. The summed E-state index contributed by atoms with van der Waals surface area (Å²) in [6, 6.07) is -0.394. The van der Waals surface area contributed by atoms with Crippen LogP contribution in [0.5, 0.6) is 0 Å². The summed E-state index contributed by atoms with van der Waals surface area (Å²) in [6.45, 7) is 9.06. The van der Waals surface area contributed by atoms with Crippen LogP contribution in [0.3, 0.4) is 0 Å². The monoisotopic (exact) mass is 285 g/mol. The molecule has 0 radical (unpaired) electrons. The van der Waals surface area contributed by atoms with Crippen molar-refractivity contribution in [2.45, 2.75) is 45.6 Å². The third kappa shape index (κ3) is 4.67. The van der Waals surface area contributed by atoms with E-state index in [0.717, 1.165) is 38.9 Å². The van der Waals surface area contributed by atoms with E-state index >= 15 is 0 Å². The number of carbonyl (C=O) groups excluding carboxylic acids is 1. The molecule has 20 heavy (non-hydrogen) atoms. The Kier molecular flexibility index (Phi) is 6.26. The highest BCUT2D eigenvalue weighted by Gasteiger charge is 2.48. The highest BCUT2D eigenvalue weighted by Crippen LogP contribution is 2.39. The van der Waals surface area contributed by atoms with E-state index in [0.29, 0.717) is 6.54 Å². The number of carboxylic acid groups (broad SMARTS) is 1. The molecule has 6 heteroatoms. The van der Waals surface area contributed by atoms with E-state index in [9.17, 15) is 14.7 Å². The number of carboxylic acids is 1. The second-order valence-electron chi connectivity index (χ2n) is 5.60. The SMILES string of the molecule is CCCN(CC)CCNC(=O)NC(C)(C(=O)O)C1CC1. The van der Waals surface area contributed by atoms with Crippen molar-refractivity contribution in [2.75, 3.05) is 26.2 Å². The van der Waals surface area contributed by atoms with Gasteiger partial charge in [-0.15, -0.1) is 0 Å². The van der Waals surface area contributed by atoms with Crippen LogP contribution in [0.4, 0.5) is 4.79 Å². The normalized spacial score (nSPS) is 17.6. The summed E-state index contributed by atoms with van der Waals surface area (Å²) in [5.74, 6) is -0.908. The predicted molar refractivity (Wildman–Crippen MR) is 77.7 cm³/mol. The van der Waals surface area contributed by atoms with Gasteiger partial charge in [0.1, 0.15) is 5.54 Å². The zero-order chi connectivity index (χ0) is 15.2. The summed E-state index contributed by atoms with van der Waals surface area (Å²) in [5.41, 5.74) is -1.14. The van der Waals surface area contributed by atoms with Crippen molar-refractivity contribution in [1.82, 2.24) is 15.5 Å². The van der Waals surface area contributed by atoms with Gasteiger partial charge in [-0.05, 0) is 45.2 Å². The van der Waals surface area contributed by atoms with Crippen LogP contribution < -0.4 is 10.6 Å². The molecule has 0 aromatic rings. The maximum Gasteiger partial charge on any atom is 0.329 e. The van der Waals surface area contributed by atoms with E-state index < -0.39 is 17.5 Å². The molecule has 1 rings (SSSR count). The minimum Gasteiger partial charge on any atom is -0.480 e. The van der Waals surface area contributed by atoms with E-state index in [1.54, 1.807) is 6.92 Å². The molecule has 0 heterocycles. The van der Waals surface area contributed by atoms with Gasteiger partial charge in [-0.2, -0.15) is 0 Å². The topological polar surface area (TPSA) is 81.7 Å². The molecule has 1 atom stereocenters. The molecule has 3 N–H and O–H groups in total. The fraction of sp³-hybridized carbons (Fsp3) is 0.857. The Hall–Kier alpha value is -1.30. The molecule has 0 aliphatic heterocycles. The van der Waals surface area contributed by atoms with E-state index in [4.69, 9.17) is 0 Å². The fourth-order valence-electron chi connectivity index (χ4n) is 2.34. The average molecular weight is 285 g/mol. The van der Waals surface area contributed by atoms with Crippen molar-refractivity contribution in [2.24, 2.45) is 5.92 Å². The first kappa shape index (κ1) is 16.8. The number of hydrogen-bond donors (Lipinski definition) is 3. The minimum absolute atomic E-state index is 0.0537. The number of nitrogens with one attached hydrogen (secondary N) is 2. The molecule has 1 saturated carbocycles. The maximum atomic E-state index is 11.8. The molecule has 1 aliphatic carbocycles.